The van der Waals surface area contributed by atoms with Gasteiger partial charge in [-0.1, -0.05) is 12.1 Å². The summed E-state index contributed by atoms with van der Waals surface area (Å²) >= 11 is 1.42. The third-order valence-corrected chi connectivity index (χ3v) is 6.23. The van der Waals surface area contributed by atoms with Crippen molar-refractivity contribution >= 4 is 28.3 Å². The molecule has 1 aliphatic heterocycles. The highest BCUT2D eigenvalue weighted by molar-refractivity contribution is 7.15. The predicted octanol–water partition coefficient (Wildman–Crippen LogP) is 2.63. The number of carbonyl (C=O) groups is 2. The molecule has 2 aromatic rings. The lowest BCUT2D eigenvalue weighted by Gasteiger charge is -2.28. The standard InChI is InChI=1S/C22H29FN4O3S/c1-16-17(2)31-22(24-16)25-20(28)15-27(9-3-8-26-10-12-30-13-11-26)21(29)14-18-4-6-19(23)7-5-18/h4-7H,3,8-15H2,1-2H3,(H,24,25,28). The summed E-state index contributed by atoms with van der Waals surface area (Å²) in [5.41, 5.74) is 1.60. The molecule has 1 saturated heterocycles. The van der Waals surface area contributed by atoms with Crippen molar-refractivity contribution in [1.82, 2.24) is 14.8 Å². The highest BCUT2D eigenvalue weighted by Crippen LogP contribution is 2.21. The Balaban J connectivity index is 1.59. The van der Waals surface area contributed by atoms with Crippen LogP contribution in [0.5, 0.6) is 0 Å². The van der Waals surface area contributed by atoms with E-state index in [1.165, 1.54) is 23.5 Å². The van der Waals surface area contributed by atoms with Gasteiger partial charge >= 0.3 is 0 Å². The Hall–Kier alpha value is -2.36. The van der Waals surface area contributed by atoms with Gasteiger partial charge in [0.25, 0.3) is 0 Å². The van der Waals surface area contributed by atoms with E-state index in [9.17, 15) is 14.0 Å². The smallest absolute Gasteiger partial charge is 0.245 e. The molecule has 1 aliphatic rings. The second-order valence-corrected chi connectivity index (χ2v) is 8.84. The average Bonchev–Trinajstić information content (AvgIpc) is 3.06. The first kappa shape index (κ1) is 23.3. The molecule has 2 amide bonds. The third-order valence-electron chi connectivity index (χ3n) is 5.24. The fourth-order valence-electron chi connectivity index (χ4n) is 3.35. The summed E-state index contributed by atoms with van der Waals surface area (Å²) < 4.78 is 18.5. The van der Waals surface area contributed by atoms with Gasteiger partial charge in [0.15, 0.2) is 5.13 Å². The van der Waals surface area contributed by atoms with Gasteiger partial charge in [0.2, 0.25) is 11.8 Å². The zero-order chi connectivity index (χ0) is 22.2. The highest BCUT2D eigenvalue weighted by Gasteiger charge is 2.19. The highest BCUT2D eigenvalue weighted by atomic mass is 32.1. The summed E-state index contributed by atoms with van der Waals surface area (Å²) in [6.45, 7) is 8.33. The van der Waals surface area contributed by atoms with Crippen molar-refractivity contribution in [3.05, 3.63) is 46.2 Å². The monoisotopic (exact) mass is 448 g/mol. The van der Waals surface area contributed by atoms with Crippen molar-refractivity contribution < 1.29 is 18.7 Å². The number of ether oxygens (including phenoxy) is 1. The largest absolute Gasteiger partial charge is 0.379 e. The number of morpholine rings is 1. The Bertz CT molecular complexity index is 862. The van der Waals surface area contributed by atoms with Crippen LogP contribution in [0.25, 0.3) is 0 Å². The molecular formula is C22H29FN4O3S. The van der Waals surface area contributed by atoms with Crippen LogP contribution in [0.1, 0.15) is 22.6 Å². The Kier molecular flexibility index (Phi) is 8.51. The lowest BCUT2D eigenvalue weighted by Crippen LogP contribution is -2.42. The fourth-order valence-corrected chi connectivity index (χ4v) is 4.18. The number of hydrogen-bond acceptors (Lipinski definition) is 6. The molecule has 1 aromatic heterocycles. The number of amides is 2. The maximum atomic E-state index is 13.2. The number of carbonyl (C=O) groups excluding carboxylic acids is 2. The predicted molar refractivity (Wildman–Crippen MR) is 119 cm³/mol. The van der Waals surface area contributed by atoms with Crippen molar-refractivity contribution in [3.63, 3.8) is 0 Å². The topological polar surface area (TPSA) is 74.8 Å². The Morgan fingerprint density at radius 2 is 1.94 bits per heavy atom. The second-order valence-electron chi connectivity index (χ2n) is 7.63. The molecule has 0 spiro atoms. The van der Waals surface area contributed by atoms with Gasteiger partial charge in [0.1, 0.15) is 5.82 Å². The van der Waals surface area contributed by atoms with Crippen LogP contribution in [0.2, 0.25) is 0 Å². The fraction of sp³-hybridized carbons (Fsp3) is 0.500. The number of nitrogens with zero attached hydrogens (tertiary/aromatic N) is 3. The molecule has 7 nitrogen and oxygen atoms in total. The zero-order valence-electron chi connectivity index (χ0n) is 18.0. The molecule has 0 aliphatic carbocycles. The summed E-state index contributed by atoms with van der Waals surface area (Å²) in [7, 11) is 0. The van der Waals surface area contributed by atoms with Crippen molar-refractivity contribution in [2.75, 3.05) is 51.3 Å². The Morgan fingerprint density at radius 3 is 2.58 bits per heavy atom. The lowest BCUT2D eigenvalue weighted by atomic mass is 10.1. The molecule has 0 saturated carbocycles. The lowest BCUT2D eigenvalue weighted by molar-refractivity contribution is -0.134. The van der Waals surface area contributed by atoms with E-state index in [1.54, 1.807) is 17.0 Å². The molecule has 1 N–H and O–H groups in total. The minimum absolute atomic E-state index is 0.0409. The summed E-state index contributed by atoms with van der Waals surface area (Å²) in [6.07, 6.45) is 0.887. The Morgan fingerprint density at radius 1 is 1.23 bits per heavy atom. The number of anilines is 1. The van der Waals surface area contributed by atoms with Gasteiger partial charge in [-0.15, -0.1) is 11.3 Å². The van der Waals surface area contributed by atoms with E-state index >= 15 is 0 Å². The van der Waals surface area contributed by atoms with Gasteiger partial charge in [0.05, 0.1) is 31.9 Å². The van der Waals surface area contributed by atoms with Gasteiger partial charge < -0.3 is 15.0 Å². The van der Waals surface area contributed by atoms with Crippen LogP contribution in [-0.2, 0) is 20.7 Å². The maximum Gasteiger partial charge on any atom is 0.245 e. The minimum Gasteiger partial charge on any atom is -0.379 e. The van der Waals surface area contributed by atoms with E-state index in [2.05, 4.69) is 15.2 Å². The summed E-state index contributed by atoms with van der Waals surface area (Å²) in [5.74, 6) is -0.769. The Labute approximate surface area is 186 Å². The number of nitrogens with one attached hydrogen (secondary N) is 1. The average molecular weight is 449 g/mol. The van der Waals surface area contributed by atoms with Gasteiger partial charge in [-0.25, -0.2) is 9.37 Å². The van der Waals surface area contributed by atoms with Gasteiger partial charge in [-0.3, -0.25) is 14.5 Å². The molecule has 168 valence electrons. The van der Waals surface area contributed by atoms with E-state index in [0.29, 0.717) is 11.7 Å². The maximum absolute atomic E-state index is 13.2. The molecule has 0 radical (unpaired) electrons. The van der Waals surface area contributed by atoms with Crippen molar-refractivity contribution in [3.8, 4) is 0 Å². The van der Waals surface area contributed by atoms with Crippen LogP contribution < -0.4 is 5.32 Å². The van der Waals surface area contributed by atoms with Gasteiger partial charge in [-0.2, -0.15) is 0 Å². The first-order valence-corrected chi connectivity index (χ1v) is 11.3. The molecule has 3 rings (SSSR count). The van der Waals surface area contributed by atoms with Crippen molar-refractivity contribution in [2.45, 2.75) is 26.7 Å². The number of aromatic nitrogens is 1. The van der Waals surface area contributed by atoms with Gasteiger partial charge in [-0.05, 0) is 38.0 Å². The van der Waals surface area contributed by atoms with Crippen molar-refractivity contribution in [2.24, 2.45) is 0 Å². The summed E-state index contributed by atoms with van der Waals surface area (Å²) in [5, 5.41) is 3.34. The molecule has 0 unspecified atom stereocenters. The first-order chi connectivity index (χ1) is 14.9. The van der Waals surface area contributed by atoms with E-state index < -0.39 is 0 Å². The van der Waals surface area contributed by atoms with Crippen LogP contribution in [-0.4, -0.2) is 72.5 Å². The van der Waals surface area contributed by atoms with Crippen LogP contribution in [0.3, 0.4) is 0 Å². The number of benzene rings is 1. The number of hydrogen-bond donors (Lipinski definition) is 1. The third kappa shape index (κ3) is 7.37. The molecule has 0 atom stereocenters. The number of thiazole rings is 1. The SMILES string of the molecule is Cc1nc(NC(=O)CN(CCCN2CCOCC2)C(=O)Cc2ccc(F)cc2)sc1C. The van der Waals surface area contributed by atoms with Crippen LogP contribution >= 0.6 is 11.3 Å². The molecule has 2 heterocycles. The quantitative estimate of drug-likeness (QED) is 0.638. The molecule has 31 heavy (non-hydrogen) atoms. The normalized spacial score (nSPS) is 14.4. The van der Waals surface area contributed by atoms with Crippen LogP contribution in [0, 0.1) is 19.7 Å². The molecule has 9 heteroatoms. The number of aryl methyl sites for hydroxylation is 2. The molecular weight excluding hydrogens is 419 g/mol. The molecule has 0 bridgehead atoms. The number of rotatable bonds is 9. The van der Waals surface area contributed by atoms with E-state index in [-0.39, 0.29) is 30.6 Å². The van der Waals surface area contributed by atoms with Crippen LogP contribution in [0.4, 0.5) is 9.52 Å². The molecule has 1 fully saturated rings. The van der Waals surface area contributed by atoms with Crippen LogP contribution in [0.15, 0.2) is 24.3 Å². The second kappa shape index (κ2) is 11.3. The van der Waals surface area contributed by atoms with Crippen molar-refractivity contribution in [1.29, 1.82) is 0 Å². The first-order valence-electron chi connectivity index (χ1n) is 10.5. The summed E-state index contributed by atoms with van der Waals surface area (Å²) in [4.78, 5) is 34.8. The number of halogens is 1. The van der Waals surface area contributed by atoms with E-state index in [0.717, 1.165) is 55.4 Å². The van der Waals surface area contributed by atoms with Gasteiger partial charge in [0, 0.05) is 31.1 Å². The zero-order valence-corrected chi connectivity index (χ0v) is 18.8. The summed E-state index contributed by atoms with van der Waals surface area (Å²) in [6, 6.07) is 5.87. The minimum atomic E-state index is -0.341. The molecule has 1 aromatic carbocycles. The van der Waals surface area contributed by atoms with E-state index in [4.69, 9.17) is 4.74 Å². The van der Waals surface area contributed by atoms with E-state index in [1.807, 2.05) is 13.8 Å².